The van der Waals surface area contributed by atoms with Crippen molar-refractivity contribution in [2.45, 2.75) is 13.3 Å². The van der Waals surface area contributed by atoms with Crippen LogP contribution in [0.3, 0.4) is 0 Å². The molecule has 0 unspecified atom stereocenters. The minimum Gasteiger partial charge on any atom is -0.299 e. The fraction of sp³-hybridized carbons (Fsp3) is 0.625. The van der Waals surface area contributed by atoms with E-state index in [0.29, 0.717) is 23.5 Å². The maximum atomic E-state index is 10.8. The third-order valence-corrected chi connectivity index (χ3v) is 2.57. The van der Waals surface area contributed by atoms with E-state index in [1.165, 1.54) is 0 Å². The Morgan fingerprint density at radius 3 is 2.78 bits per heavy atom. The van der Waals surface area contributed by atoms with Gasteiger partial charge in [0.25, 0.3) is 0 Å². The van der Waals surface area contributed by atoms with Gasteiger partial charge in [0.05, 0.1) is 0 Å². The molecule has 0 aliphatic heterocycles. The van der Waals surface area contributed by atoms with Crippen molar-refractivity contribution >= 4 is 5.78 Å². The van der Waals surface area contributed by atoms with Crippen LogP contribution in [0.15, 0.2) is 12.2 Å². The van der Waals surface area contributed by atoms with Gasteiger partial charge in [-0.05, 0) is 11.8 Å². The van der Waals surface area contributed by atoms with Gasteiger partial charge in [0.1, 0.15) is 5.78 Å². The first-order valence-corrected chi connectivity index (χ1v) is 3.50. The Balaban J connectivity index is 2.19. The van der Waals surface area contributed by atoms with E-state index >= 15 is 0 Å². The summed E-state index contributed by atoms with van der Waals surface area (Å²) in [6.45, 7) is 2.19. The average molecular weight is 122 g/mol. The number of fused-ring (bicyclic) bond motifs is 1. The lowest BCUT2D eigenvalue weighted by atomic mass is 9.71. The molecule has 0 bridgehead atoms. The summed E-state index contributed by atoms with van der Waals surface area (Å²) < 4.78 is 0. The Hall–Kier alpha value is -0.590. The van der Waals surface area contributed by atoms with Gasteiger partial charge in [0.2, 0.25) is 0 Å². The highest BCUT2D eigenvalue weighted by Crippen LogP contribution is 2.42. The maximum absolute atomic E-state index is 10.8. The van der Waals surface area contributed by atoms with Crippen molar-refractivity contribution in [3.63, 3.8) is 0 Å². The van der Waals surface area contributed by atoms with E-state index in [9.17, 15) is 4.79 Å². The van der Waals surface area contributed by atoms with Gasteiger partial charge in [-0.2, -0.15) is 0 Å². The lowest BCUT2D eigenvalue weighted by molar-refractivity contribution is -0.131. The van der Waals surface area contributed by atoms with Crippen LogP contribution in [0.1, 0.15) is 13.3 Å². The molecule has 1 heteroatoms. The number of carbonyl (C=O) groups is 1. The van der Waals surface area contributed by atoms with E-state index in [-0.39, 0.29) is 0 Å². The third kappa shape index (κ3) is 0.521. The Labute approximate surface area is 54.8 Å². The first-order chi connectivity index (χ1) is 4.29. The molecule has 0 saturated heterocycles. The van der Waals surface area contributed by atoms with Crippen molar-refractivity contribution in [1.82, 2.24) is 0 Å². The summed E-state index contributed by atoms with van der Waals surface area (Å²) in [4.78, 5) is 10.8. The van der Waals surface area contributed by atoms with Crippen LogP contribution in [0, 0.1) is 17.8 Å². The van der Waals surface area contributed by atoms with Crippen LogP contribution in [0.2, 0.25) is 0 Å². The second-order valence-electron chi connectivity index (χ2n) is 3.10. The summed E-state index contributed by atoms with van der Waals surface area (Å²) in [6, 6.07) is 0. The number of hydrogen-bond donors (Lipinski definition) is 0. The molecule has 0 aromatic rings. The van der Waals surface area contributed by atoms with Crippen molar-refractivity contribution in [3.05, 3.63) is 12.2 Å². The number of carbonyl (C=O) groups excluding carboxylic acids is 1. The van der Waals surface area contributed by atoms with Crippen LogP contribution in [0.4, 0.5) is 0 Å². The molecule has 0 amide bonds. The second-order valence-corrected chi connectivity index (χ2v) is 3.10. The lowest BCUT2D eigenvalue weighted by Gasteiger charge is -2.30. The highest BCUT2D eigenvalue weighted by molar-refractivity contribution is 5.90. The number of Topliss-reactive ketones (excluding diaryl/α,β-unsaturated/α-hetero) is 1. The van der Waals surface area contributed by atoms with E-state index in [0.717, 1.165) is 6.42 Å². The molecule has 1 nitrogen and oxygen atoms in total. The van der Waals surface area contributed by atoms with Gasteiger partial charge < -0.3 is 0 Å². The highest BCUT2D eigenvalue weighted by Gasteiger charge is 2.43. The van der Waals surface area contributed by atoms with Gasteiger partial charge in [-0.1, -0.05) is 19.1 Å². The van der Waals surface area contributed by atoms with Crippen molar-refractivity contribution < 1.29 is 4.79 Å². The molecule has 2 aliphatic carbocycles. The first-order valence-electron chi connectivity index (χ1n) is 3.50. The Kier molecular flexibility index (Phi) is 0.850. The topological polar surface area (TPSA) is 17.1 Å². The molecule has 2 rings (SSSR count). The van der Waals surface area contributed by atoms with Crippen LogP contribution in [0.25, 0.3) is 0 Å². The van der Waals surface area contributed by atoms with E-state index in [2.05, 4.69) is 19.1 Å². The van der Waals surface area contributed by atoms with Gasteiger partial charge in [-0.15, -0.1) is 0 Å². The quantitative estimate of drug-likeness (QED) is 0.444. The maximum Gasteiger partial charge on any atom is 0.140 e. The summed E-state index contributed by atoms with van der Waals surface area (Å²) >= 11 is 0. The van der Waals surface area contributed by atoms with Crippen molar-refractivity contribution in [1.29, 1.82) is 0 Å². The molecule has 3 atom stereocenters. The fourth-order valence-electron chi connectivity index (χ4n) is 1.77. The molecule has 1 saturated carbocycles. The smallest absolute Gasteiger partial charge is 0.140 e. The van der Waals surface area contributed by atoms with E-state index in [1.54, 1.807) is 0 Å². The summed E-state index contributed by atoms with van der Waals surface area (Å²) in [6.07, 6.45) is 5.07. The molecule has 2 aliphatic rings. The second kappa shape index (κ2) is 1.47. The molecular formula is C8H10O. The summed E-state index contributed by atoms with van der Waals surface area (Å²) in [5, 5.41) is 0. The number of rotatable bonds is 0. The SMILES string of the molecule is C[C@H]1C=C[C@@H]2C(=O)C[C@@H]21. The lowest BCUT2D eigenvalue weighted by Crippen LogP contribution is -2.35. The zero-order chi connectivity index (χ0) is 6.43. The molecule has 48 valence electrons. The minimum atomic E-state index is 0.319. The first kappa shape index (κ1) is 5.21. The molecule has 1 fully saturated rings. The number of allylic oxidation sites excluding steroid dienone is 2. The Morgan fingerprint density at radius 1 is 1.56 bits per heavy atom. The van der Waals surface area contributed by atoms with Gasteiger partial charge in [-0.25, -0.2) is 0 Å². The third-order valence-electron chi connectivity index (χ3n) is 2.57. The van der Waals surface area contributed by atoms with E-state index in [1.807, 2.05) is 0 Å². The predicted octanol–water partition coefficient (Wildman–Crippen LogP) is 1.40. The zero-order valence-electron chi connectivity index (χ0n) is 5.50. The van der Waals surface area contributed by atoms with Gasteiger partial charge in [0.15, 0.2) is 0 Å². The van der Waals surface area contributed by atoms with Crippen LogP contribution >= 0.6 is 0 Å². The summed E-state index contributed by atoms with van der Waals surface area (Å²) in [5.74, 6) is 2.10. The molecule has 0 N–H and O–H groups in total. The summed E-state index contributed by atoms with van der Waals surface area (Å²) in [7, 11) is 0. The largest absolute Gasteiger partial charge is 0.299 e. The molecule has 9 heavy (non-hydrogen) atoms. The molecular weight excluding hydrogens is 112 g/mol. The van der Waals surface area contributed by atoms with Crippen LogP contribution in [0.5, 0.6) is 0 Å². The highest BCUT2D eigenvalue weighted by atomic mass is 16.1. The Bertz CT molecular complexity index is 181. The van der Waals surface area contributed by atoms with Crippen molar-refractivity contribution in [3.8, 4) is 0 Å². The van der Waals surface area contributed by atoms with Crippen molar-refractivity contribution in [2.75, 3.05) is 0 Å². The van der Waals surface area contributed by atoms with Gasteiger partial charge in [-0.3, -0.25) is 4.79 Å². The molecule has 0 radical (unpaired) electrons. The summed E-state index contributed by atoms with van der Waals surface area (Å²) in [5.41, 5.74) is 0. The van der Waals surface area contributed by atoms with Crippen LogP contribution < -0.4 is 0 Å². The van der Waals surface area contributed by atoms with Crippen molar-refractivity contribution in [2.24, 2.45) is 17.8 Å². The standard InChI is InChI=1S/C8H10O/c1-5-2-3-6-7(5)4-8(6)9/h2-3,5-7H,4H2,1H3/t5-,6-,7+/m0/s1. The number of ketones is 1. The number of hydrogen-bond acceptors (Lipinski definition) is 1. The normalized spacial score (nSPS) is 46.8. The van der Waals surface area contributed by atoms with E-state index < -0.39 is 0 Å². The molecule has 0 spiro atoms. The van der Waals surface area contributed by atoms with Gasteiger partial charge >= 0.3 is 0 Å². The van der Waals surface area contributed by atoms with Crippen LogP contribution in [-0.2, 0) is 4.79 Å². The average Bonchev–Trinajstić information content (AvgIpc) is 2.07. The molecule has 0 heterocycles. The minimum absolute atomic E-state index is 0.319. The van der Waals surface area contributed by atoms with Crippen LogP contribution in [-0.4, -0.2) is 5.78 Å². The van der Waals surface area contributed by atoms with E-state index in [4.69, 9.17) is 0 Å². The predicted molar refractivity (Wildman–Crippen MR) is 34.9 cm³/mol. The Morgan fingerprint density at radius 2 is 2.33 bits per heavy atom. The fourth-order valence-corrected chi connectivity index (χ4v) is 1.77. The molecule has 0 aromatic carbocycles. The molecule has 0 aromatic heterocycles. The monoisotopic (exact) mass is 122 g/mol. The van der Waals surface area contributed by atoms with Gasteiger partial charge in [0, 0.05) is 12.3 Å². The zero-order valence-corrected chi connectivity index (χ0v) is 5.50.